The molecule has 0 radical (unpaired) electrons. The topological polar surface area (TPSA) is 77.0 Å². The van der Waals surface area contributed by atoms with Gasteiger partial charge in [0, 0.05) is 31.8 Å². The first-order valence-corrected chi connectivity index (χ1v) is 6.26. The fraction of sp³-hybridized carbons (Fsp3) is 0.308. The minimum absolute atomic E-state index is 0.0215. The van der Waals surface area contributed by atoms with Gasteiger partial charge in [-0.25, -0.2) is 13.5 Å². The molecule has 0 spiro atoms. The summed E-state index contributed by atoms with van der Waals surface area (Å²) in [6.45, 7) is 0.264. The van der Waals surface area contributed by atoms with Gasteiger partial charge in [0.05, 0.1) is 11.9 Å². The van der Waals surface area contributed by atoms with Gasteiger partial charge in [0.15, 0.2) is 0 Å². The normalized spacial score (nSPS) is 10.7. The first kappa shape index (κ1) is 15.0. The summed E-state index contributed by atoms with van der Waals surface area (Å²) in [5.41, 5.74) is 6.22. The van der Waals surface area contributed by atoms with Gasteiger partial charge in [-0.05, 0) is 6.07 Å². The average Bonchev–Trinajstić information content (AvgIpc) is 2.89. The van der Waals surface area contributed by atoms with E-state index in [-0.39, 0.29) is 31.1 Å². The molecule has 0 saturated carbocycles. The lowest BCUT2D eigenvalue weighted by molar-refractivity contribution is -0.131. The Hall–Kier alpha value is -2.35. The predicted molar refractivity (Wildman–Crippen MR) is 70.7 cm³/mol. The monoisotopic (exact) mass is 295 g/mol. The van der Waals surface area contributed by atoms with Crippen LogP contribution in [0.5, 0.6) is 0 Å². The molecule has 1 aromatic heterocycles. The molecule has 0 bridgehead atoms. The molecule has 0 aliphatic rings. The number of hydrogen-bond acceptors (Lipinski definition) is 4. The molecule has 2 aromatic rings. The van der Waals surface area contributed by atoms with Gasteiger partial charge >= 0.3 is 0 Å². The number of nitrogens with zero attached hydrogens (tertiary/aromatic N) is 4. The van der Waals surface area contributed by atoms with Crippen LogP contribution < -0.4 is 5.73 Å². The Morgan fingerprint density at radius 3 is 2.81 bits per heavy atom. The third-order valence-corrected chi connectivity index (χ3v) is 2.94. The van der Waals surface area contributed by atoms with E-state index in [1.54, 1.807) is 6.20 Å². The van der Waals surface area contributed by atoms with Gasteiger partial charge in [0.25, 0.3) is 0 Å². The molecule has 0 unspecified atom stereocenters. The Morgan fingerprint density at radius 2 is 2.19 bits per heavy atom. The van der Waals surface area contributed by atoms with E-state index < -0.39 is 11.6 Å². The quantitative estimate of drug-likeness (QED) is 0.879. The highest BCUT2D eigenvalue weighted by Crippen LogP contribution is 2.11. The van der Waals surface area contributed by atoms with Crippen LogP contribution in [0, 0.1) is 11.6 Å². The molecule has 6 nitrogen and oxygen atoms in total. The lowest BCUT2D eigenvalue weighted by atomic mass is 10.2. The van der Waals surface area contributed by atoms with Gasteiger partial charge in [-0.1, -0.05) is 11.3 Å². The van der Waals surface area contributed by atoms with Crippen molar-refractivity contribution in [2.75, 3.05) is 7.05 Å². The van der Waals surface area contributed by atoms with Crippen molar-refractivity contribution in [3.05, 3.63) is 47.3 Å². The summed E-state index contributed by atoms with van der Waals surface area (Å²) >= 11 is 0. The zero-order valence-electron chi connectivity index (χ0n) is 11.5. The second kappa shape index (κ2) is 6.40. The van der Waals surface area contributed by atoms with Crippen LogP contribution in [0.2, 0.25) is 0 Å². The molecule has 2 rings (SSSR count). The van der Waals surface area contributed by atoms with Crippen LogP contribution in [-0.2, 0) is 24.4 Å². The minimum atomic E-state index is -0.680. The van der Waals surface area contributed by atoms with Gasteiger partial charge < -0.3 is 10.6 Å². The van der Waals surface area contributed by atoms with Crippen molar-refractivity contribution in [2.24, 2.45) is 5.73 Å². The third-order valence-electron chi connectivity index (χ3n) is 2.94. The van der Waals surface area contributed by atoms with Crippen LogP contribution in [-0.4, -0.2) is 32.8 Å². The Morgan fingerprint density at radius 1 is 1.43 bits per heavy atom. The van der Waals surface area contributed by atoms with E-state index in [0.717, 1.165) is 12.1 Å². The summed E-state index contributed by atoms with van der Waals surface area (Å²) in [5.74, 6) is -1.60. The molecule has 8 heteroatoms. The third kappa shape index (κ3) is 3.82. The van der Waals surface area contributed by atoms with Crippen molar-refractivity contribution >= 4 is 5.91 Å². The highest BCUT2D eigenvalue weighted by atomic mass is 19.1. The van der Waals surface area contributed by atoms with Gasteiger partial charge in [0.2, 0.25) is 5.91 Å². The highest BCUT2D eigenvalue weighted by Gasteiger charge is 2.13. The maximum atomic E-state index is 13.5. The van der Waals surface area contributed by atoms with Crippen LogP contribution in [0.25, 0.3) is 0 Å². The first-order valence-electron chi connectivity index (χ1n) is 6.26. The number of benzene rings is 1. The molecule has 2 N–H and O–H groups in total. The molecule has 1 heterocycles. The number of nitrogens with two attached hydrogens (primary N) is 1. The van der Waals surface area contributed by atoms with E-state index in [0.29, 0.717) is 5.69 Å². The Labute approximate surface area is 120 Å². The standard InChI is InChI=1S/C13H15F2N5O/c1-19(6-9-2-3-10(14)4-12(9)15)13(21)8-20-7-11(5-16)17-18-20/h2-4,7H,5-6,8,16H2,1H3. The van der Waals surface area contributed by atoms with Gasteiger partial charge in [0.1, 0.15) is 18.2 Å². The maximum Gasteiger partial charge on any atom is 0.244 e. The van der Waals surface area contributed by atoms with Gasteiger partial charge in [-0.3, -0.25) is 4.79 Å². The fourth-order valence-electron chi connectivity index (χ4n) is 1.76. The average molecular weight is 295 g/mol. The SMILES string of the molecule is CN(Cc1ccc(F)cc1F)C(=O)Cn1cc(CN)nn1. The van der Waals surface area contributed by atoms with E-state index in [9.17, 15) is 13.6 Å². The Bertz CT molecular complexity index is 643. The number of hydrogen-bond donors (Lipinski definition) is 1. The first-order chi connectivity index (χ1) is 9.99. The molecule has 0 saturated heterocycles. The second-order valence-electron chi connectivity index (χ2n) is 4.60. The van der Waals surface area contributed by atoms with Crippen LogP contribution in [0.15, 0.2) is 24.4 Å². The second-order valence-corrected chi connectivity index (χ2v) is 4.60. The number of halogens is 2. The number of carbonyl (C=O) groups excluding carboxylic acids is 1. The molecule has 112 valence electrons. The molecule has 0 fully saturated rings. The summed E-state index contributed by atoms with van der Waals surface area (Å²) in [6.07, 6.45) is 1.57. The molecular weight excluding hydrogens is 280 g/mol. The Kier molecular flexibility index (Phi) is 4.59. The van der Waals surface area contributed by atoms with Crippen molar-refractivity contribution in [1.82, 2.24) is 19.9 Å². The van der Waals surface area contributed by atoms with Gasteiger partial charge in [-0.2, -0.15) is 0 Å². The number of rotatable bonds is 5. The number of carbonyl (C=O) groups is 1. The van der Waals surface area contributed by atoms with Crippen molar-refractivity contribution in [2.45, 2.75) is 19.6 Å². The van der Waals surface area contributed by atoms with Crippen molar-refractivity contribution in [3.63, 3.8) is 0 Å². The smallest absolute Gasteiger partial charge is 0.244 e. The number of aromatic nitrogens is 3. The van der Waals surface area contributed by atoms with Crippen LogP contribution in [0.3, 0.4) is 0 Å². The van der Waals surface area contributed by atoms with E-state index in [4.69, 9.17) is 5.73 Å². The van der Waals surface area contributed by atoms with Crippen molar-refractivity contribution < 1.29 is 13.6 Å². The van der Waals surface area contributed by atoms with Gasteiger partial charge in [-0.15, -0.1) is 5.10 Å². The number of amides is 1. The van der Waals surface area contributed by atoms with E-state index in [2.05, 4.69) is 10.3 Å². The largest absolute Gasteiger partial charge is 0.340 e. The molecular formula is C13H15F2N5O. The summed E-state index contributed by atoms with van der Waals surface area (Å²) < 4.78 is 27.7. The lowest BCUT2D eigenvalue weighted by Gasteiger charge is -2.17. The van der Waals surface area contributed by atoms with Crippen molar-refractivity contribution in [3.8, 4) is 0 Å². The maximum absolute atomic E-state index is 13.5. The van der Waals surface area contributed by atoms with Crippen LogP contribution in [0.4, 0.5) is 8.78 Å². The van der Waals surface area contributed by atoms with E-state index in [1.165, 1.54) is 22.7 Å². The predicted octanol–water partition coefficient (Wildman–Crippen LogP) is 0.674. The molecule has 1 aromatic carbocycles. The number of likely N-dealkylation sites (N-methyl/N-ethyl adjacent to an activating group) is 1. The molecule has 0 aliphatic carbocycles. The van der Waals surface area contributed by atoms with Crippen molar-refractivity contribution in [1.29, 1.82) is 0 Å². The summed E-state index contributed by atoms with van der Waals surface area (Å²) in [5, 5.41) is 7.53. The zero-order chi connectivity index (χ0) is 15.4. The zero-order valence-corrected chi connectivity index (χ0v) is 11.5. The lowest BCUT2D eigenvalue weighted by Crippen LogP contribution is -2.30. The summed E-state index contributed by atoms with van der Waals surface area (Å²) in [6, 6.07) is 3.26. The minimum Gasteiger partial charge on any atom is -0.340 e. The van der Waals surface area contributed by atoms with E-state index >= 15 is 0 Å². The summed E-state index contributed by atoms with van der Waals surface area (Å²) in [4.78, 5) is 13.3. The van der Waals surface area contributed by atoms with Crippen LogP contribution >= 0.6 is 0 Å². The molecule has 0 atom stereocenters. The van der Waals surface area contributed by atoms with E-state index in [1.807, 2.05) is 0 Å². The highest BCUT2D eigenvalue weighted by molar-refractivity contribution is 5.75. The summed E-state index contributed by atoms with van der Waals surface area (Å²) in [7, 11) is 1.53. The molecule has 0 aliphatic heterocycles. The molecule has 21 heavy (non-hydrogen) atoms. The van der Waals surface area contributed by atoms with Crippen LogP contribution in [0.1, 0.15) is 11.3 Å². The molecule has 1 amide bonds. The Balaban J connectivity index is 1.98. The fourth-order valence-corrected chi connectivity index (χ4v) is 1.76.